The van der Waals surface area contributed by atoms with Crippen LogP contribution in [-0.2, 0) is 9.53 Å². The lowest BCUT2D eigenvalue weighted by Gasteiger charge is -2.18. The van der Waals surface area contributed by atoms with Crippen LogP contribution in [0.25, 0.3) is 0 Å². The van der Waals surface area contributed by atoms with Crippen molar-refractivity contribution in [2.24, 2.45) is 11.7 Å². The summed E-state index contributed by atoms with van der Waals surface area (Å²) in [5.74, 6) is -0.327. The molecule has 0 aromatic carbocycles. The van der Waals surface area contributed by atoms with Crippen LogP contribution < -0.4 is 5.73 Å². The Morgan fingerprint density at radius 1 is 1.53 bits per heavy atom. The molecule has 3 nitrogen and oxygen atoms in total. The van der Waals surface area contributed by atoms with Gasteiger partial charge >= 0.3 is 5.97 Å². The van der Waals surface area contributed by atoms with Gasteiger partial charge < -0.3 is 10.5 Å². The Hall–Kier alpha value is -0.480. The number of carbonyl (C=O) groups is 1. The minimum Gasteiger partial charge on any atom is -0.462 e. The molecule has 15 heavy (non-hydrogen) atoms. The Morgan fingerprint density at radius 2 is 2.27 bits per heavy atom. The molecule has 0 aromatic heterocycles. The number of esters is 1. The molecule has 2 aliphatic rings. The molecule has 4 heteroatoms. The van der Waals surface area contributed by atoms with E-state index in [0.717, 1.165) is 19.3 Å². The van der Waals surface area contributed by atoms with Crippen molar-refractivity contribution in [2.45, 2.75) is 44.6 Å². The SMILES string of the molecule is CC(C)OC(=O)C1C2=C(CCC2)SC1N. The quantitative estimate of drug-likeness (QED) is 0.733. The van der Waals surface area contributed by atoms with Gasteiger partial charge in [0.25, 0.3) is 0 Å². The van der Waals surface area contributed by atoms with Crippen LogP contribution in [0.15, 0.2) is 10.5 Å². The highest BCUT2D eigenvalue weighted by atomic mass is 32.2. The standard InChI is InChI=1S/C11H17NO2S/c1-6(2)14-11(13)9-7-4-3-5-8(7)15-10(9)12/h6,9-10H,3-5,12H2,1-2H3. The first-order valence-electron chi connectivity index (χ1n) is 5.44. The largest absolute Gasteiger partial charge is 0.462 e. The van der Waals surface area contributed by atoms with Gasteiger partial charge in [-0.25, -0.2) is 0 Å². The fourth-order valence-electron chi connectivity index (χ4n) is 2.22. The van der Waals surface area contributed by atoms with Crippen molar-refractivity contribution in [1.29, 1.82) is 0 Å². The van der Waals surface area contributed by atoms with E-state index >= 15 is 0 Å². The smallest absolute Gasteiger partial charge is 0.315 e. The van der Waals surface area contributed by atoms with Crippen LogP contribution in [0, 0.1) is 5.92 Å². The summed E-state index contributed by atoms with van der Waals surface area (Å²) in [4.78, 5) is 13.2. The second-order valence-electron chi connectivity index (χ2n) is 4.35. The molecule has 0 radical (unpaired) electrons. The molecule has 2 rings (SSSR count). The minimum absolute atomic E-state index is 0.0549. The van der Waals surface area contributed by atoms with E-state index in [1.165, 1.54) is 10.5 Å². The van der Waals surface area contributed by atoms with Gasteiger partial charge in [0.05, 0.1) is 11.5 Å². The summed E-state index contributed by atoms with van der Waals surface area (Å²) in [5, 5.41) is -0.124. The topological polar surface area (TPSA) is 52.3 Å². The average molecular weight is 227 g/mol. The van der Waals surface area contributed by atoms with Gasteiger partial charge in [0.15, 0.2) is 0 Å². The number of allylic oxidation sites excluding steroid dienone is 1. The van der Waals surface area contributed by atoms with E-state index in [1.54, 1.807) is 11.8 Å². The second kappa shape index (κ2) is 4.18. The molecule has 1 aliphatic heterocycles. The van der Waals surface area contributed by atoms with Crippen molar-refractivity contribution in [3.05, 3.63) is 10.5 Å². The zero-order chi connectivity index (χ0) is 11.0. The molecule has 0 saturated carbocycles. The maximum atomic E-state index is 11.9. The average Bonchev–Trinajstić information content (AvgIpc) is 2.60. The Balaban J connectivity index is 2.10. The number of rotatable bonds is 2. The second-order valence-corrected chi connectivity index (χ2v) is 5.62. The fraction of sp³-hybridized carbons (Fsp3) is 0.727. The Kier molecular flexibility index (Phi) is 3.07. The number of hydrogen-bond acceptors (Lipinski definition) is 4. The first kappa shape index (κ1) is 11.0. The number of carbonyl (C=O) groups excluding carboxylic acids is 1. The van der Waals surface area contributed by atoms with E-state index in [-0.39, 0.29) is 23.4 Å². The highest BCUT2D eigenvalue weighted by Crippen LogP contribution is 2.48. The number of ether oxygens (including phenoxy) is 1. The number of hydrogen-bond donors (Lipinski definition) is 1. The van der Waals surface area contributed by atoms with Crippen molar-refractivity contribution >= 4 is 17.7 Å². The Morgan fingerprint density at radius 3 is 2.93 bits per heavy atom. The van der Waals surface area contributed by atoms with E-state index in [9.17, 15) is 4.79 Å². The molecule has 2 unspecified atom stereocenters. The molecule has 0 fully saturated rings. The Labute approximate surface area is 94.4 Å². The van der Waals surface area contributed by atoms with Crippen molar-refractivity contribution in [1.82, 2.24) is 0 Å². The summed E-state index contributed by atoms with van der Waals surface area (Å²) in [7, 11) is 0. The molecule has 84 valence electrons. The highest BCUT2D eigenvalue weighted by molar-refractivity contribution is 8.04. The normalized spacial score (nSPS) is 29.9. The van der Waals surface area contributed by atoms with Gasteiger partial charge in [0.2, 0.25) is 0 Å². The van der Waals surface area contributed by atoms with Crippen LogP contribution >= 0.6 is 11.8 Å². The van der Waals surface area contributed by atoms with E-state index < -0.39 is 0 Å². The van der Waals surface area contributed by atoms with Crippen molar-refractivity contribution < 1.29 is 9.53 Å². The van der Waals surface area contributed by atoms with Crippen molar-refractivity contribution in [2.75, 3.05) is 0 Å². The highest BCUT2D eigenvalue weighted by Gasteiger charge is 2.41. The summed E-state index contributed by atoms with van der Waals surface area (Å²) in [6.45, 7) is 3.74. The fourth-order valence-corrected chi connectivity index (χ4v) is 3.60. The molecular weight excluding hydrogens is 210 g/mol. The third-order valence-electron chi connectivity index (χ3n) is 2.80. The molecule has 0 bridgehead atoms. The maximum Gasteiger partial charge on any atom is 0.315 e. The molecule has 2 atom stereocenters. The van der Waals surface area contributed by atoms with E-state index in [1.807, 2.05) is 13.8 Å². The van der Waals surface area contributed by atoms with Crippen LogP contribution in [0.4, 0.5) is 0 Å². The predicted octanol–water partition coefficient (Wildman–Crippen LogP) is 2.02. The van der Waals surface area contributed by atoms with E-state index in [2.05, 4.69) is 0 Å². The zero-order valence-corrected chi connectivity index (χ0v) is 9.97. The summed E-state index contributed by atoms with van der Waals surface area (Å²) in [6.07, 6.45) is 3.23. The van der Waals surface area contributed by atoms with E-state index in [4.69, 9.17) is 10.5 Å². The molecule has 0 aromatic rings. The van der Waals surface area contributed by atoms with Crippen molar-refractivity contribution in [3.8, 4) is 0 Å². The molecule has 1 heterocycles. The van der Waals surface area contributed by atoms with E-state index in [0.29, 0.717) is 0 Å². The minimum atomic E-state index is -0.185. The first-order valence-corrected chi connectivity index (χ1v) is 6.32. The monoisotopic (exact) mass is 227 g/mol. The van der Waals surface area contributed by atoms with Crippen LogP contribution in [0.3, 0.4) is 0 Å². The molecular formula is C11H17NO2S. The third-order valence-corrected chi connectivity index (χ3v) is 4.09. The number of thioether (sulfide) groups is 1. The maximum absolute atomic E-state index is 11.9. The molecule has 1 aliphatic carbocycles. The van der Waals surface area contributed by atoms with Crippen molar-refractivity contribution in [3.63, 3.8) is 0 Å². The van der Waals surface area contributed by atoms with Gasteiger partial charge in [-0.3, -0.25) is 4.79 Å². The van der Waals surface area contributed by atoms with Crippen LogP contribution in [0.1, 0.15) is 33.1 Å². The van der Waals surface area contributed by atoms with Gasteiger partial charge in [-0.2, -0.15) is 0 Å². The summed E-state index contributed by atoms with van der Waals surface area (Å²) in [6, 6.07) is 0. The van der Waals surface area contributed by atoms with Gasteiger partial charge in [0.1, 0.15) is 5.92 Å². The van der Waals surface area contributed by atoms with Crippen LogP contribution in [0.2, 0.25) is 0 Å². The molecule has 2 N–H and O–H groups in total. The predicted molar refractivity (Wildman–Crippen MR) is 61.2 cm³/mol. The molecule has 0 saturated heterocycles. The first-order chi connectivity index (χ1) is 7.09. The molecule has 0 amide bonds. The zero-order valence-electron chi connectivity index (χ0n) is 9.16. The lowest BCUT2D eigenvalue weighted by atomic mass is 9.99. The lowest BCUT2D eigenvalue weighted by molar-refractivity contribution is -0.150. The third kappa shape index (κ3) is 2.06. The van der Waals surface area contributed by atoms with Gasteiger partial charge in [0, 0.05) is 0 Å². The van der Waals surface area contributed by atoms with Gasteiger partial charge in [-0.05, 0) is 43.6 Å². The van der Waals surface area contributed by atoms with Gasteiger partial charge in [-0.1, -0.05) is 0 Å². The number of nitrogens with two attached hydrogens (primary N) is 1. The Bertz CT molecular complexity index is 312. The summed E-state index contributed by atoms with van der Waals surface area (Å²) in [5.41, 5.74) is 7.21. The van der Waals surface area contributed by atoms with Gasteiger partial charge in [-0.15, -0.1) is 11.8 Å². The summed E-state index contributed by atoms with van der Waals surface area (Å²) >= 11 is 1.66. The van der Waals surface area contributed by atoms with Crippen LogP contribution in [0.5, 0.6) is 0 Å². The summed E-state index contributed by atoms with van der Waals surface area (Å²) < 4.78 is 5.25. The molecule has 0 spiro atoms. The lowest BCUT2D eigenvalue weighted by Crippen LogP contribution is -2.33. The van der Waals surface area contributed by atoms with Crippen LogP contribution in [-0.4, -0.2) is 17.4 Å².